The maximum absolute atomic E-state index is 12.2. The van der Waals surface area contributed by atoms with E-state index in [9.17, 15) is 20.1 Å². The quantitative estimate of drug-likeness (QED) is 0.168. The molecule has 0 aromatic rings. The van der Waals surface area contributed by atoms with Crippen LogP contribution >= 0.6 is 0 Å². The number of carbonyl (C=O) groups excluding carboxylic acids is 1. The molecular formula is C18H34O8. The van der Waals surface area contributed by atoms with Gasteiger partial charge in [-0.05, 0) is 33.1 Å². The van der Waals surface area contributed by atoms with Crippen molar-refractivity contribution in [3.63, 3.8) is 0 Å². The molecule has 0 aliphatic carbocycles. The van der Waals surface area contributed by atoms with Gasteiger partial charge in [0.1, 0.15) is 6.61 Å². The van der Waals surface area contributed by atoms with E-state index in [2.05, 4.69) is 0 Å². The number of hydrogen-bond acceptors (Lipinski definition) is 8. The van der Waals surface area contributed by atoms with E-state index in [-0.39, 0.29) is 46.2 Å². The summed E-state index contributed by atoms with van der Waals surface area (Å²) in [5.74, 6) is -0.410. The van der Waals surface area contributed by atoms with Crippen molar-refractivity contribution in [2.24, 2.45) is 5.41 Å². The van der Waals surface area contributed by atoms with Gasteiger partial charge >= 0.3 is 5.97 Å². The first kappa shape index (κ1) is 25.0. The molecule has 0 fully saturated rings. The van der Waals surface area contributed by atoms with Gasteiger partial charge in [-0.3, -0.25) is 0 Å². The Bertz CT molecular complexity index is 392. The van der Waals surface area contributed by atoms with Gasteiger partial charge in [0.2, 0.25) is 0 Å². The lowest BCUT2D eigenvalue weighted by Crippen LogP contribution is -2.33. The summed E-state index contributed by atoms with van der Waals surface area (Å²) in [6, 6.07) is 0. The lowest BCUT2D eigenvalue weighted by Gasteiger charge is -2.27. The molecule has 0 amide bonds. The molecule has 0 aromatic carbocycles. The fourth-order valence-corrected chi connectivity index (χ4v) is 2.25. The topological polar surface area (TPSA) is 126 Å². The van der Waals surface area contributed by atoms with E-state index in [0.717, 1.165) is 5.57 Å². The second-order valence-corrected chi connectivity index (χ2v) is 6.39. The summed E-state index contributed by atoms with van der Waals surface area (Å²) in [5, 5.41) is 36.6. The number of allylic oxidation sites excluding steroid dienone is 1. The van der Waals surface area contributed by atoms with Crippen molar-refractivity contribution in [1.82, 2.24) is 0 Å². The standard InChI is InChI=1S/C18H34O8/c1-15(2)16(4-3-5-18(12-20,13-21)14-22)17(23)26-11-10-25-9-8-24-7-6-19/h19-22H,3-14H2,1-2H3. The molecule has 0 saturated carbocycles. The van der Waals surface area contributed by atoms with Crippen molar-refractivity contribution in [2.45, 2.75) is 33.1 Å². The number of aliphatic hydroxyl groups excluding tert-OH is 4. The average molecular weight is 378 g/mol. The number of hydrogen-bond donors (Lipinski definition) is 4. The van der Waals surface area contributed by atoms with Gasteiger partial charge in [0.05, 0.1) is 52.9 Å². The molecule has 0 aromatic heterocycles. The minimum Gasteiger partial charge on any atom is -0.460 e. The molecule has 0 spiro atoms. The zero-order valence-corrected chi connectivity index (χ0v) is 15.9. The Morgan fingerprint density at radius 3 is 1.88 bits per heavy atom. The fraction of sp³-hybridized carbons (Fsp3) is 0.833. The zero-order chi connectivity index (χ0) is 19.8. The highest BCUT2D eigenvalue weighted by Crippen LogP contribution is 2.25. The van der Waals surface area contributed by atoms with E-state index >= 15 is 0 Å². The third-order valence-corrected chi connectivity index (χ3v) is 4.06. The summed E-state index contributed by atoms with van der Waals surface area (Å²) >= 11 is 0. The summed E-state index contributed by atoms with van der Waals surface area (Å²) in [6.07, 6.45) is 1.38. The van der Waals surface area contributed by atoms with Gasteiger partial charge < -0.3 is 34.6 Å². The van der Waals surface area contributed by atoms with Crippen LogP contribution < -0.4 is 0 Å². The molecule has 0 bridgehead atoms. The number of rotatable bonds is 16. The highest BCUT2D eigenvalue weighted by molar-refractivity contribution is 5.89. The van der Waals surface area contributed by atoms with Crippen LogP contribution in [0.25, 0.3) is 0 Å². The lowest BCUT2D eigenvalue weighted by molar-refractivity contribution is -0.141. The van der Waals surface area contributed by atoms with E-state index in [1.165, 1.54) is 0 Å². The molecule has 4 N–H and O–H groups in total. The second-order valence-electron chi connectivity index (χ2n) is 6.39. The molecule has 0 heterocycles. The van der Waals surface area contributed by atoms with E-state index < -0.39 is 11.4 Å². The van der Waals surface area contributed by atoms with E-state index in [4.69, 9.17) is 19.3 Å². The van der Waals surface area contributed by atoms with Crippen molar-refractivity contribution in [3.8, 4) is 0 Å². The van der Waals surface area contributed by atoms with Crippen molar-refractivity contribution >= 4 is 5.97 Å². The van der Waals surface area contributed by atoms with Gasteiger partial charge in [-0.15, -0.1) is 0 Å². The smallest absolute Gasteiger partial charge is 0.334 e. The molecule has 8 nitrogen and oxygen atoms in total. The van der Waals surface area contributed by atoms with Gasteiger partial charge in [0.15, 0.2) is 0 Å². The number of esters is 1. The Kier molecular flexibility index (Phi) is 14.5. The highest BCUT2D eigenvalue weighted by Gasteiger charge is 2.28. The Morgan fingerprint density at radius 1 is 0.846 bits per heavy atom. The molecule has 0 atom stereocenters. The van der Waals surface area contributed by atoms with Crippen LogP contribution in [0.5, 0.6) is 0 Å². The molecule has 154 valence electrons. The molecule has 0 saturated heterocycles. The average Bonchev–Trinajstić information content (AvgIpc) is 2.64. The highest BCUT2D eigenvalue weighted by atomic mass is 16.6. The summed E-state index contributed by atoms with van der Waals surface area (Å²) < 4.78 is 15.5. The molecule has 8 heteroatoms. The molecule has 0 radical (unpaired) electrons. The van der Waals surface area contributed by atoms with E-state index in [1.54, 1.807) is 0 Å². The van der Waals surface area contributed by atoms with Crippen molar-refractivity contribution in [3.05, 3.63) is 11.1 Å². The molecular weight excluding hydrogens is 344 g/mol. The summed E-state index contributed by atoms with van der Waals surface area (Å²) in [4.78, 5) is 12.2. The second kappa shape index (κ2) is 15.1. The molecule has 0 aliphatic rings. The summed E-state index contributed by atoms with van der Waals surface area (Å²) in [6.45, 7) is 4.07. The Balaban J connectivity index is 4.18. The minimum atomic E-state index is -0.928. The Morgan fingerprint density at radius 2 is 1.38 bits per heavy atom. The predicted molar refractivity (Wildman–Crippen MR) is 95.6 cm³/mol. The normalized spacial score (nSPS) is 11.5. The third-order valence-electron chi connectivity index (χ3n) is 4.06. The van der Waals surface area contributed by atoms with Crippen LogP contribution in [0.15, 0.2) is 11.1 Å². The first-order valence-corrected chi connectivity index (χ1v) is 8.88. The van der Waals surface area contributed by atoms with Crippen molar-refractivity contribution < 1.29 is 39.4 Å². The fourth-order valence-electron chi connectivity index (χ4n) is 2.25. The Hall–Kier alpha value is -1.03. The van der Waals surface area contributed by atoms with Crippen molar-refractivity contribution in [1.29, 1.82) is 0 Å². The van der Waals surface area contributed by atoms with Crippen molar-refractivity contribution in [2.75, 3.05) is 59.5 Å². The Labute approximate surface area is 155 Å². The molecule has 26 heavy (non-hydrogen) atoms. The largest absolute Gasteiger partial charge is 0.460 e. The number of aliphatic hydroxyl groups is 4. The van der Waals surface area contributed by atoms with Crippen LogP contribution in [0.4, 0.5) is 0 Å². The molecule has 0 unspecified atom stereocenters. The first-order valence-electron chi connectivity index (χ1n) is 8.88. The summed E-state index contributed by atoms with van der Waals surface area (Å²) in [7, 11) is 0. The van der Waals surface area contributed by atoms with Gasteiger partial charge in [-0.25, -0.2) is 4.79 Å². The third kappa shape index (κ3) is 10.2. The van der Waals surface area contributed by atoms with Gasteiger partial charge in [-0.1, -0.05) is 5.57 Å². The molecule has 0 aliphatic heterocycles. The molecule has 0 rings (SSSR count). The van der Waals surface area contributed by atoms with Crippen LogP contribution in [0.1, 0.15) is 33.1 Å². The van der Waals surface area contributed by atoms with Crippen LogP contribution in [0.3, 0.4) is 0 Å². The minimum absolute atomic E-state index is 0.0286. The van der Waals surface area contributed by atoms with Gasteiger partial charge in [0.25, 0.3) is 0 Å². The van der Waals surface area contributed by atoms with Crippen LogP contribution in [0, 0.1) is 5.41 Å². The zero-order valence-electron chi connectivity index (χ0n) is 15.9. The lowest BCUT2D eigenvalue weighted by atomic mass is 9.84. The maximum Gasteiger partial charge on any atom is 0.334 e. The predicted octanol–water partition coefficient (Wildman–Crippen LogP) is 0.0251. The summed E-state index contributed by atoms with van der Waals surface area (Å²) in [5.41, 5.74) is 0.470. The van der Waals surface area contributed by atoms with Crippen LogP contribution in [-0.2, 0) is 19.0 Å². The number of carbonyl (C=O) groups is 1. The van der Waals surface area contributed by atoms with E-state index in [0.29, 0.717) is 38.0 Å². The maximum atomic E-state index is 12.2. The van der Waals surface area contributed by atoms with Crippen LogP contribution in [-0.4, -0.2) is 85.9 Å². The monoisotopic (exact) mass is 378 g/mol. The first-order chi connectivity index (χ1) is 12.5. The number of ether oxygens (including phenoxy) is 3. The SMILES string of the molecule is CC(C)=C(CCCC(CO)(CO)CO)C(=O)OCCOCCOCCO. The van der Waals surface area contributed by atoms with Gasteiger partial charge in [-0.2, -0.15) is 0 Å². The van der Waals surface area contributed by atoms with E-state index in [1.807, 2.05) is 13.8 Å². The van der Waals surface area contributed by atoms with Gasteiger partial charge in [0, 0.05) is 11.0 Å². The van der Waals surface area contributed by atoms with Crippen LogP contribution in [0.2, 0.25) is 0 Å².